The first-order valence-electron chi connectivity index (χ1n) is 7.65. The quantitative estimate of drug-likeness (QED) is 0.939. The molecule has 0 radical (unpaired) electrons. The number of aliphatic hydroxyl groups is 1. The van der Waals surface area contributed by atoms with Crippen molar-refractivity contribution in [1.82, 2.24) is 14.2 Å². The van der Waals surface area contributed by atoms with Crippen molar-refractivity contribution >= 4 is 5.52 Å². The van der Waals surface area contributed by atoms with Gasteiger partial charge in [0.2, 0.25) is 0 Å². The first-order chi connectivity index (χ1) is 10.8. The van der Waals surface area contributed by atoms with Crippen LogP contribution in [0.3, 0.4) is 0 Å². The highest BCUT2D eigenvalue weighted by Crippen LogP contribution is 2.48. The number of nitrogens with zero attached hydrogens (tertiary/aromatic N) is 3. The van der Waals surface area contributed by atoms with E-state index in [-0.39, 0.29) is 30.9 Å². The molecule has 8 heteroatoms. The largest absolute Gasteiger partial charge is 0.417 e. The molecule has 2 saturated carbocycles. The van der Waals surface area contributed by atoms with Gasteiger partial charge in [-0.25, -0.2) is 4.52 Å². The van der Waals surface area contributed by atoms with Crippen LogP contribution in [-0.4, -0.2) is 31.1 Å². The Morgan fingerprint density at radius 2 is 2.00 bits per heavy atom. The van der Waals surface area contributed by atoms with E-state index >= 15 is 0 Å². The van der Waals surface area contributed by atoms with Gasteiger partial charge in [0.05, 0.1) is 5.69 Å². The number of halogens is 3. The van der Waals surface area contributed by atoms with E-state index in [1.165, 1.54) is 9.08 Å². The lowest BCUT2D eigenvalue weighted by atomic mass is 9.70. The molecule has 2 aliphatic carbocycles. The lowest BCUT2D eigenvalue weighted by Crippen LogP contribution is -2.56. The standard InChI is InChI=1S/C15H16F3N3O2/c16-15(17,18)14(23)6-9(7-14)8-20-3-4-21-12(13(20)22)5-11(19-21)10-1-2-10/h3-5,9-10,23H,1-2,6-8H2. The minimum Gasteiger partial charge on any atom is -0.380 e. The predicted molar refractivity (Wildman–Crippen MR) is 75.2 cm³/mol. The van der Waals surface area contributed by atoms with Crippen LogP contribution in [0.25, 0.3) is 5.52 Å². The first kappa shape index (κ1) is 14.7. The Kier molecular flexibility index (Phi) is 2.94. The zero-order valence-electron chi connectivity index (χ0n) is 12.3. The molecule has 0 aliphatic heterocycles. The molecule has 0 amide bonds. The highest BCUT2D eigenvalue weighted by Gasteiger charge is 2.61. The highest BCUT2D eigenvalue weighted by atomic mass is 19.4. The summed E-state index contributed by atoms with van der Waals surface area (Å²) in [6.45, 7) is 0.178. The Bertz CT molecular complexity index is 813. The van der Waals surface area contributed by atoms with Crippen molar-refractivity contribution in [2.45, 2.75) is 49.9 Å². The molecule has 2 fully saturated rings. The van der Waals surface area contributed by atoms with Gasteiger partial charge < -0.3 is 9.67 Å². The summed E-state index contributed by atoms with van der Waals surface area (Å²) in [5.41, 5.74) is -1.51. The maximum Gasteiger partial charge on any atom is 0.417 e. The summed E-state index contributed by atoms with van der Waals surface area (Å²) < 4.78 is 40.9. The van der Waals surface area contributed by atoms with E-state index in [9.17, 15) is 23.1 Å². The van der Waals surface area contributed by atoms with E-state index < -0.39 is 11.8 Å². The van der Waals surface area contributed by atoms with Crippen LogP contribution in [0.5, 0.6) is 0 Å². The Morgan fingerprint density at radius 1 is 1.30 bits per heavy atom. The van der Waals surface area contributed by atoms with Gasteiger partial charge in [0, 0.05) is 24.9 Å². The molecule has 0 unspecified atom stereocenters. The molecule has 5 nitrogen and oxygen atoms in total. The van der Waals surface area contributed by atoms with E-state index in [2.05, 4.69) is 5.10 Å². The number of rotatable bonds is 3. The third-order valence-electron chi connectivity index (χ3n) is 4.85. The smallest absolute Gasteiger partial charge is 0.380 e. The van der Waals surface area contributed by atoms with E-state index in [0.29, 0.717) is 11.4 Å². The molecule has 2 aromatic heterocycles. The van der Waals surface area contributed by atoms with E-state index in [1.54, 1.807) is 18.5 Å². The van der Waals surface area contributed by atoms with Crippen molar-refractivity contribution in [3.05, 3.63) is 34.5 Å². The molecule has 2 aliphatic rings. The topological polar surface area (TPSA) is 59.5 Å². The average Bonchev–Trinajstić information content (AvgIpc) is 3.18. The second-order valence-electron chi connectivity index (χ2n) is 6.73. The lowest BCUT2D eigenvalue weighted by Gasteiger charge is -2.44. The number of aromatic nitrogens is 3. The molecule has 0 spiro atoms. The summed E-state index contributed by atoms with van der Waals surface area (Å²) >= 11 is 0. The minimum atomic E-state index is -4.61. The Balaban J connectivity index is 1.54. The van der Waals surface area contributed by atoms with Gasteiger partial charge >= 0.3 is 6.18 Å². The number of hydrogen-bond donors (Lipinski definition) is 1. The fraction of sp³-hybridized carbons (Fsp3) is 0.600. The van der Waals surface area contributed by atoms with Gasteiger partial charge in [-0.2, -0.15) is 18.3 Å². The molecule has 2 heterocycles. The summed E-state index contributed by atoms with van der Waals surface area (Å²) in [6, 6.07) is 1.77. The van der Waals surface area contributed by atoms with Crippen molar-refractivity contribution in [2.24, 2.45) is 5.92 Å². The molecular weight excluding hydrogens is 311 g/mol. The van der Waals surface area contributed by atoms with Crippen molar-refractivity contribution < 1.29 is 18.3 Å². The van der Waals surface area contributed by atoms with Crippen LogP contribution in [0.15, 0.2) is 23.3 Å². The summed E-state index contributed by atoms with van der Waals surface area (Å²) in [4.78, 5) is 12.4. The van der Waals surface area contributed by atoms with Crippen LogP contribution in [0.4, 0.5) is 13.2 Å². The molecular formula is C15H16F3N3O2. The van der Waals surface area contributed by atoms with Crippen LogP contribution in [0.2, 0.25) is 0 Å². The molecule has 4 rings (SSSR count). The minimum absolute atomic E-state index is 0.178. The van der Waals surface area contributed by atoms with Crippen LogP contribution < -0.4 is 5.56 Å². The van der Waals surface area contributed by atoms with Crippen molar-refractivity contribution in [3.8, 4) is 0 Å². The summed E-state index contributed by atoms with van der Waals surface area (Å²) in [7, 11) is 0. The van der Waals surface area contributed by atoms with Crippen molar-refractivity contribution in [3.63, 3.8) is 0 Å². The molecule has 0 atom stereocenters. The highest BCUT2D eigenvalue weighted by molar-refractivity contribution is 5.46. The Labute approximate surface area is 129 Å². The van der Waals surface area contributed by atoms with Crippen LogP contribution in [0.1, 0.15) is 37.3 Å². The molecule has 2 aromatic rings. The fourth-order valence-corrected chi connectivity index (χ4v) is 3.30. The van der Waals surface area contributed by atoms with Crippen molar-refractivity contribution in [2.75, 3.05) is 0 Å². The van der Waals surface area contributed by atoms with Crippen molar-refractivity contribution in [1.29, 1.82) is 0 Å². The maximum absolute atomic E-state index is 12.6. The first-order valence-corrected chi connectivity index (χ1v) is 7.65. The third-order valence-corrected chi connectivity index (χ3v) is 4.85. The monoisotopic (exact) mass is 327 g/mol. The molecule has 0 bridgehead atoms. The van der Waals surface area contributed by atoms with Gasteiger partial charge in [-0.1, -0.05) is 0 Å². The molecule has 1 N–H and O–H groups in total. The fourth-order valence-electron chi connectivity index (χ4n) is 3.30. The third kappa shape index (κ3) is 2.36. The average molecular weight is 327 g/mol. The molecule has 0 aromatic carbocycles. The van der Waals surface area contributed by atoms with Gasteiger partial charge in [-0.15, -0.1) is 0 Å². The van der Waals surface area contributed by atoms with Gasteiger partial charge in [0.15, 0.2) is 5.60 Å². The molecule has 124 valence electrons. The van der Waals surface area contributed by atoms with Gasteiger partial charge in [-0.05, 0) is 37.7 Å². The second kappa shape index (κ2) is 4.59. The van der Waals surface area contributed by atoms with Gasteiger partial charge in [-0.3, -0.25) is 4.79 Å². The summed E-state index contributed by atoms with van der Waals surface area (Å²) in [5, 5.41) is 13.8. The van der Waals surface area contributed by atoms with E-state index in [0.717, 1.165) is 18.5 Å². The van der Waals surface area contributed by atoms with Crippen LogP contribution >= 0.6 is 0 Å². The number of alkyl halides is 3. The number of fused-ring (bicyclic) bond motifs is 1. The Hall–Kier alpha value is -1.83. The number of hydrogen-bond acceptors (Lipinski definition) is 3. The Morgan fingerprint density at radius 3 is 2.61 bits per heavy atom. The van der Waals surface area contributed by atoms with Crippen LogP contribution in [-0.2, 0) is 6.54 Å². The zero-order chi connectivity index (χ0) is 16.4. The zero-order valence-corrected chi connectivity index (χ0v) is 12.3. The molecule has 0 saturated heterocycles. The van der Waals surface area contributed by atoms with Gasteiger partial charge in [0.25, 0.3) is 5.56 Å². The van der Waals surface area contributed by atoms with E-state index in [4.69, 9.17) is 0 Å². The van der Waals surface area contributed by atoms with Gasteiger partial charge in [0.1, 0.15) is 5.52 Å². The van der Waals surface area contributed by atoms with E-state index in [1.807, 2.05) is 0 Å². The predicted octanol–water partition coefficient (Wildman–Crippen LogP) is 2.08. The normalized spacial score (nSPS) is 28.1. The summed E-state index contributed by atoms with van der Waals surface area (Å²) in [5.74, 6) is 0.0729. The SMILES string of the molecule is O=c1c2cc(C3CC3)nn2ccn1CC1CC(O)(C(F)(F)F)C1. The summed E-state index contributed by atoms with van der Waals surface area (Å²) in [6.07, 6.45) is 0.0258. The lowest BCUT2D eigenvalue weighted by molar-refractivity contribution is -0.299. The van der Waals surface area contributed by atoms with Crippen LogP contribution in [0, 0.1) is 5.92 Å². The second-order valence-corrected chi connectivity index (χ2v) is 6.73. The molecule has 23 heavy (non-hydrogen) atoms. The maximum atomic E-state index is 12.6.